The predicted octanol–water partition coefficient (Wildman–Crippen LogP) is -0.673. The van der Waals surface area contributed by atoms with E-state index >= 15 is 0 Å². The molecule has 1 fully saturated rings. The molecule has 3 nitrogen and oxygen atoms in total. The summed E-state index contributed by atoms with van der Waals surface area (Å²) in [4.78, 5) is 10.8. The minimum Gasteiger partial charge on any atom is -0.356 e. The Labute approximate surface area is 54.6 Å². The van der Waals surface area contributed by atoms with Gasteiger partial charge in [-0.1, -0.05) is 6.92 Å². The number of carbonyl (C=O) groups is 1. The van der Waals surface area contributed by atoms with Gasteiger partial charge in [0.25, 0.3) is 0 Å². The van der Waals surface area contributed by atoms with Crippen molar-refractivity contribution in [3.63, 3.8) is 0 Å². The maximum atomic E-state index is 10.8. The molecule has 0 aliphatic carbocycles. The second kappa shape index (κ2) is 2.35. The quantitative estimate of drug-likeness (QED) is 0.492. The molecule has 1 heterocycles. The molecule has 0 aromatic carbocycles. The van der Waals surface area contributed by atoms with Crippen LogP contribution in [0.15, 0.2) is 0 Å². The fourth-order valence-corrected chi connectivity index (χ4v) is 1.07. The van der Waals surface area contributed by atoms with Gasteiger partial charge in [0, 0.05) is 12.5 Å². The van der Waals surface area contributed by atoms with E-state index in [0.29, 0.717) is 12.5 Å². The van der Waals surface area contributed by atoms with Gasteiger partial charge in [-0.2, -0.15) is 0 Å². The van der Waals surface area contributed by atoms with Crippen LogP contribution in [0.1, 0.15) is 6.92 Å². The van der Waals surface area contributed by atoms with Gasteiger partial charge in [0.1, 0.15) is 0 Å². The van der Waals surface area contributed by atoms with Gasteiger partial charge in [-0.15, -0.1) is 0 Å². The molecule has 0 aromatic heterocycles. The van der Waals surface area contributed by atoms with Gasteiger partial charge in [0.05, 0.1) is 0 Å². The van der Waals surface area contributed by atoms with E-state index in [4.69, 9.17) is 5.73 Å². The zero-order valence-electron chi connectivity index (χ0n) is 5.55. The smallest absolute Gasteiger partial charge is 0.223 e. The van der Waals surface area contributed by atoms with Crippen LogP contribution in [0.25, 0.3) is 0 Å². The lowest BCUT2D eigenvalue weighted by molar-refractivity contribution is -0.122. The molecular weight excluding hydrogens is 116 g/mol. The highest BCUT2D eigenvalue weighted by atomic mass is 16.2. The Morgan fingerprint density at radius 3 is 2.78 bits per heavy atom. The normalized spacial score (nSPS) is 34.7. The first-order valence-corrected chi connectivity index (χ1v) is 3.23. The number of nitrogens with two attached hydrogens (primary N) is 1. The molecule has 2 unspecified atom stereocenters. The van der Waals surface area contributed by atoms with Crippen molar-refractivity contribution in [3.05, 3.63) is 0 Å². The van der Waals surface area contributed by atoms with Crippen LogP contribution in [0.2, 0.25) is 0 Å². The molecule has 1 aliphatic heterocycles. The number of hydrogen-bond donors (Lipinski definition) is 2. The molecule has 3 N–H and O–H groups in total. The van der Waals surface area contributed by atoms with E-state index in [0.717, 1.165) is 6.54 Å². The molecule has 2 atom stereocenters. The molecule has 1 rings (SSSR count). The Morgan fingerprint density at radius 1 is 1.89 bits per heavy atom. The van der Waals surface area contributed by atoms with Crippen LogP contribution in [0, 0.1) is 11.8 Å². The molecule has 0 aromatic rings. The van der Waals surface area contributed by atoms with Gasteiger partial charge in [-0.05, 0) is 12.5 Å². The molecule has 0 saturated carbocycles. The molecule has 1 aliphatic rings. The van der Waals surface area contributed by atoms with Crippen LogP contribution in [0.3, 0.4) is 0 Å². The molecule has 0 spiro atoms. The summed E-state index contributed by atoms with van der Waals surface area (Å²) in [5.74, 6) is 0.623. The van der Waals surface area contributed by atoms with E-state index in [9.17, 15) is 4.79 Å². The van der Waals surface area contributed by atoms with Crippen LogP contribution in [0.4, 0.5) is 0 Å². The number of hydrogen-bond acceptors (Lipinski definition) is 2. The average Bonchev–Trinajstić information content (AvgIpc) is 2.15. The number of carbonyl (C=O) groups excluding carboxylic acids is 1. The molecule has 1 saturated heterocycles. The van der Waals surface area contributed by atoms with E-state index in [1.165, 1.54) is 0 Å². The van der Waals surface area contributed by atoms with Gasteiger partial charge >= 0.3 is 0 Å². The third-order valence-electron chi connectivity index (χ3n) is 1.96. The largest absolute Gasteiger partial charge is 0.356 e. The zero-order valence-corrected chi connectivity index (χ0v) is 5.55. The molecule has 1 amide bonds. The van der Waals surface area contributed by atoms with Crippen molar-refractivity contribution in [3.8, 4) is 0 Å². The summed E-state index contributed by atoms with van der Waals surface area (Å²) >= 11 is 0. The zero-order chi connectivity index (χ0) is 6.85. The summed E-state index contributed by atoms with van der Waals surface area (Å²) < 4.78 is 0. The molecular formula is C6H12N2O. The van der Waals surface area contributed by atoms with Gasteiger partial charge in [0.15, 0.2) is 0 Å². The maximum Gasteiger partial charge on any atom is 0.223 e. The Hall–Kier alpha value is -0.570. The van der Waals surface area contributed by atoms with Crippen molar-refractivity contribution >= 4 is 5.91 Å². The number of amides is 1. The third kappa shape index (κ3) is 1.05. The standard InChI is InChI=1S/C6H12N2O/c1-4-5(2-7)3-8-6(4)9/h4-5H,2-3,7H2,1H3,(H,8,9). The van der Waals surface area contributed by atoms with Crippen molar-refractivity contribution in [2.24, 2.45) is 17.6 Å². The second-order valence-corrected chi connectivity index (χ2v) is 2.53. The Morgan fingerprint density at radius 2 is 2.56 bits per heavy atom. The highest BCUT2D eigenvalue weighted by Gasteiger charge is 2.28. The molecule has 52 valence electrons. The van der Waals surface area contributed by atoms with Gasteiger partial charge in [-0.25, -0.2) is 0 Å². The Kier molecular flexibility index (Phi) is 1.71. The van der Waals surface area contributed by atoms with E-state index in [-0.39, 0.29) is 11.8 Å². The topological polar surface area (TPSA) is 55.1 Å². The van der Waals surface area contributed by atoms with Gasteiger partial charge in [-0.3, -0.25) is 4.79 Å². The van der Waals surface area contributed by atoms with Crippen LogP contribution < -0.4 is 11.1 Å². The highest BCUT2D eigenvalue weighted by Crippen LogP contribution is 2.14. The van der Waals surface area contributed by atoms with Crippen molar-refractivity contribution in [1.82, 2.24) is 5.32 Å². The Bertz CT molecular complexity index is 124. The van der Waals surface area contributed by atoms with Crippen molar-refractivity contribution in [1.29, 1.82) is 0 Å². The number of rotatable bonds is 1. The van der Waals surface area contributed by atoms with Gasteiger partial charge in [0.2, 0.25) is 5.91 Å². The first-order chi connectivity index (χ1) is 4.25. The van der Waals surface area contributed by atoms with Crippen molar-refractivity contribution < 1.29 is 4.79 Å². The fraction of sp³-hybridized carbons (Fsp3) is 0.833. The van der Waals surface area contributed by atoms with Crippen LogP contribution in [-0.4, -0.2) is 19.0 Å². The predicted molar refractivity (Wildman–Crippen MR) is 34.7 cm³/mol. The van der Waals surface area contributed by atoms with E-state index in [1.807, 2.05) is 6.92 Å². The Balaban J connectivity index is 2.51. The summed E-state index contributed by atoms with van der Waals surface area (Å²) in [6.07, 6.45) is 0. The SMILES string of the molecule is CC1C(=O)NCC1CN. The minimum atomic E-state index is 0.120. The summed E-state index contributed by atoms with van der Waals surface area (Å²) in [7, 11) is 0. The minimum absolute atomic E-state index is 0.120. The lowest BCUT2D eigenvalue weighted by Gasteiger charge is -2.06. The molecule has 9 heavy (non-hydrogen) atoms. The molecule has 0 bridgehead atoms. The van der Waals surface area contributed by atoms with E-state index in [1.54, 1.807) is 0 Å². The van der Waals surface area contributed by atoms with Crippen LogP contribution in [0.5, 0.6) is 0 Å². The van der Waals surface area contributed by atoms with Crippen LogP contribution >= 0.6 is 0 Å². The molecule has 0 radical (unpaired) electrons. The summed E-state index contributed by atoms with van der Waals surface area (Å²) in [5, 5.41) is 2.75. The van der Waals surface area contributed by atoms with Crippen molar-refractivity contribution in [2.75, 3.05) is 13.1 Å². The van der Waals surface area contributed by atoms with Crippen LogP contribution in [-0.2, 0) is 4.79 Å². The second-order valence-electron chi connectivity index (χ2n) is 2.53. The maximum absolute atomic E-state index is 10.8. The lowest BCUT2D eigenvalue weighted by atomic mass is 9.98. The lowest BCUT2D eigenvalue weighted by Crippen LogP contribution is -2.20. The van der Waals surface area contributed by atoms with E-state index in [2.05, 4.69) is 5.32 Å². The summed E-state index contributed by atoms with van der Waals surface area (Å²) in [5.41, 5.74) is 5.39. The monoisotopic (exact) mass is 128 g/mol. The first kappa shape index (κ1) is 6.55. The van der Waals surface area contributed by atoms with Gasteiger partial charge < -0.3 is 11.1 Å². The average molecular weight is 128 g/mol. The highest BCUT2D eigenvalue weighted by molar-refractivity contribution is 5.80. The summed E-state index contributed by atoms with van der Waals surface area (Å²) in [6.45, 7) is 3.29. The van der Waals surface area contributed by atoms with E-state index < -0.39 is 0 Å². The first-order valence-electron chi connectivity index (χ1n) is 3.23. The fourth-order valence-electron chi connectivity index (χ4n) is 1.07. The summed E-state index contributed by atoms with van der Waals surface area (Å²) in [6, 6.07) is 0. The van der Waals surface area contributed by atoms with Crippen molar-refractivity contribution in [2.45, 2.75) is 6.92 Å². The third-order valence-corrected chi connectivity index (χ3v) is 1.96. The number of nitrogens with one attached hydrogen (secondary N) is 1. The molecule has 3 heteroatoms.